The number of halogens is 1. The van der Waals surface area contributed by atoms with E-state index >= 15 is 0 Å². The van der Waals surface area contributed by atoms with E-state index in [1.807, 2.05) is 13.8 Å². The number of benzene rings is 1. The predicted molar refractivity (Wildman–Crippen MR) is 95.3 cm³/mol. The second kappa shape index (κ2) is 7.29. The van der Waals surface area contributed by atoms with Gasteiger partial charge in [-0.2, -0.15) is 0 Å². The number of alkyl carbamates (subject to hydrolysis) is 1. The number of hydrogen-bond acceptors (Lipinski definition) is 4. The van der Waals surface area contributed by atoms with Gasteiger partial charge in [0.05, 0.1) is 5.69 Å². The third-order valence-corrected chi connectivity index (χ3v) is 3.59. The van der Waals surface area contributed by atoms with Crippen LogP contribution >= 0.6 is 0 Å². The third-order valence-electron chi connectivity index (χ3n) is 3.59. The van der Waals surface area contributed by atoms with Crippen molar-refractivity contribution in [1.29, 1.82) is 0 Å². The first-order valence-corrected chi connectivity index (χ1v) is 8.44. The number of carbonyl (C=O) groups is 2. The highest BCUT2D eigenvalue weighted by Crippen LogP contribution is 2.27. The Bertz CT molecular complexity index is 655. The molecule has 2 amide bonds. The summed E-state index contributed by atoms with van der Waals surface area (Å²) in [5.74, 6) is -0.814. The minimum atomic E-state index is -0.706. The third kappa shape index (κ3) is 5.08. The van der Waals surface area contributed by atoms with Crippen LogP contribution < -0.4 is 15.5 Å². The van der Waals surface area contributed by atoms with Crippen LogP contribution in [0.25, 0.3) is 0 Å². The number of ether oxygens (including phenoxy) is 1. The highest BCUT2D eigenvalue weighted by atomic mass is 19.1. The van der Waals surface area contributed by atoms with Crippen LogP contribution in [0.3, 0.4) is 0 Å². The maximum atomic E-state index is 14.4. The van der Waals surface area contributed by atoms with E-state index in [2.05, 4.69) is 10.6 Å². The Morgan fingerprint density at radius 2 is 2.04 bits per heavy atom. The molecule has 1 aromatic carbocycles. The Balaban J connectivity index is 2.05. The molecule has 0 aromatic heterocycles. The molecule has 0 spiro atoms. The molecular formula is C18H26FN3O3. The van der Waals surface area contributed by atoms with Crippen molar-refractivity contribution in [3.05, 3.63) is 24.0 Å². The van der Waals surface area contributed by atoms with Gasteiger partial charge < -0.3 is 20.3 Å². The van der Waals surface area contributed by atoms with Gasteiger partial charge in [-0.1, -0.05) is 0 Å². The summed E-state index contributed by atoms with van der Waals surface area (Å²) in [5, 5.41) is 5.67. The standard InChI is InChI=1S/C18H26FN3O3/c1-11(2)20-12-6-7-15(13(19)10-12)22-9-8-14(16(22)23)21-17(24)25-18(3,4)5/h6-7,10-11,14,20H,8-9H2,1-5H3,(H,21,24)/t14-/m0/s1. The number of nitrogens with one attached hydrogen (secondary N) is 2. The van der Waals surface area contributed by atoms with Crippen molar-refractivity contribution in [3.63, 3.8) is 0 Å². The van der Waals surface area contributed by atoms with Crippen LogP contribution in [0.2, 0.25) is 0 Å². The number of hydrogen-bond donors (Lipinski definition) is 2. The molecule has 1 fully saturated rings. The average molecular weight is 351 g/mol. The molecule has 0 radical (unpaired) electrons. The second-order valence-electron chi connectivity index (χ2n) is 7.44. The zero-order chi connectivity index (χ0) is 18.8. The Morgan fingerprint density at radius 3 is 2.60 bits per heavy atom. The molecule has 1 heterocycles. The quantitative estimate of drug-likeness (QED) is 0.873. The first-order valence-electron chi connectivity index (χ1n) is 8.44. The minimum Gasteiger partial charge on any atom is -0.444 e. The zero-order valence-electron chi connectivity index (χ0n) is 15.4. The van der Waals surface area contributed by atoms with Gasteiger partial charge in [0.15, 0.2) is 0 Å². The fraction of sp³-hybridized carbons (Fsp3) is 0.556. The predicted octanol–water partition coefficient (Wildman–Crippen LogP) is 3.28. The smallest absolute Gasteiger partial charge is 0.408 e. The van der Waals surface area contributed by atoms with E-state index in [-0.39, 0.29) is 17.6 Å². The molecule has 1 aromatic rings. The molecule has 1 saturated heterocycles. The van der Waals surface area contributed by atoms with Gasteiger partial charge >= 0.3 is 6.09 Å². The van der Waals surface area contributed by atoms with Gasteiger partial charge in [0.25, 0.3) is 0 Å². The van der Waals surface area contributed by atoms with E-state index in [1.54, 1.807) is 32.9 Å². The Labute approximate surface area is 147 Å². The number of nitrogens with zero attached hydrogens (tertiary/aromatic N) is 1. The van der Waals surface area contributed by atoms with Gasteiger partial charge in [-0.15, -0.1) is 0 Å². The van der Waals surface area contributed by atoms with E-state index in [4.69, 9.17) is 4.74 Å². The van der Waals surface area contributed by atoms with Gasteiger partial charge in [-0.25, -0.2) is 9.18 Å². The first-order chi connectivity index (χ1) is 11.6. The van der Waals surface area contributed by atoms with Crippen molar-refractivity contribution in [1.82, 2.24) is 5.32 Å². The molecule has 2 rings (SSSR count). The van der Waals surface area contributed by atoms with Gasteiger partial charge in [0.2, 0.25) is 5.91 Å². The topological polar surface area (TPSA) is 70.7 Å². The van der Waals surface area contributed by atoms with Crippen LogP contribution in [0.5, 0.6) is 0 Å². The van der Waals surface area contributed by atoms with E-state index in [0.717, 1.165) is 0 Å². The molecule has 0 unspecified atom stereocenters. The fourth-order valence-corrected chi connectivity index (χ4v) is 2.65. The molecule has 1 aliphatic rings. The molecule has 7 heteroatoms. The number of anilines is 2. The Morgan fingerprint density at radius 1 is 1.36 bits per heavy atom. The lowest BCUT2D eigenvalue weighted by molar-refractivity contribution is -0.118. The van der Waals surface area contributed by atoms with Crippen molar-refractivity contribution in [2.75, 3.05) is 16.8 Å². The lowest BCUT2D eigenvalue weighted by atomic mass is 10.2. The first kappa shape index (κ1) is 19.0. The number of rotatable bonds is 4. The summed E-state index contributed by atoms with van der Waals surface area (Å²) in [5.41, 5.74) is 0.232. The molecule has 6 nitrogen and oxygen atoms in total. The lowest BCUT2D eigenvalue weighted by Crippen LogP contribution is -2.43. The summed E-state index contributed by atoms with van der Waals surface area (Å²) in [6.07, 6.45) is -0.242. The molecule has 138 valence electrons. The molecule has 25 heavy (non-hydrogen) atoms. The van der Waals surface area contributed by atoms with Crippen molar-refractivity contribution in [2.24, 2.45) is 0 Å². The van der Waals surface area contributed by atoms with Crippen molar-refractivity contribution >= 4 is 23.4 Å². The Hall–Kier alpha value is -2.31. The van der Waals surface area contributed by atoms with E-state index in [1.165, 1.54) is 11.0 Å². The molecule has 2 N–H and O–H groups in total. The van der Waals surface area contributed by atoms with Crippen molar-refractivity contribution in [2.45, 2.75) is 58.7 Å². The Kier molecular flexibility index (Phi) is 5.55. The average Bonchev–Trinajstić information content (AvgIpc) is 2.78. The van der Waals surface area contributed by atoms with Crippen molar-refractivity contribution < 1.29 is 18.7 Å². The highest BCUT2D eigenvalue weighted by molar-refractivity contribution is 6.01. The summed E-state index contributed by atoms with van der Waals surface area (Å²) >= 11 is 0. The molecule has 0 aliphatic carbocycles. The largest absolute Gasteiger partial charge is 0.444 e. The normalized spacial score (nSPS) is 17.8. The minimum absolute atomic E-state index is 0.182. The maximum Gasteiger partial charge on any atom is 0.408 e. The van der Waals surface area contributed by atoms with E-state index in [9.17, 15) is 14.0 Å². The summed E-state index contributed by atoms with van der Waals surface area (Å²) in [6, 6.07) is 4.16. The molecule has 0 bridgehead atoms. The highest BCUT2D eigenvalue weighted by Gasteiger charge is 2.35. The van der Waals surface area contributed by atoms with Crippen LogP contribution in [0.1, 0.15) is 41.0 Å². The summed E-state index contributed by atoms with van der Waals surface area (Å²) < 4.78 is 19.6. The van der Waals surface area contributed by atoms with E-state index in [0.29, 0.717) is 18.7 Å². The van der Waals surface area contributed by atoms with Gasteiger partial charge in [-0.05, 0) is 59.2 Å². The second-order valence-corrected chi connectivity index (χ2v) is 7.44. The number of amides is 2. The molecule has 1 aliphatic heterocycles. The fourth-order valence-electron chi connectivity index (χ4n) is 2.65. The van der Waals surface area contributed by atoms with E-state index < -0.39 is 23.6 Å². The monoisotopic (exact) mass is 351 g/mol. The zero-order valence-corrected chi connectivity index (χ0v) is 15.4. The van der Waals surface area contributed by atoms with Crippen LogP contribution in [-0.2, 0) is 9.53 Å². The summed E-state index contributed by atoms with van der Waals surface area (Å²) in [7, 11) is 0. The van der Waals surface area contributed by atoms with Gasteiger partial charge in [0.1, 0.15) is 17.5 Å². The van der Waals surface area contributed by atoms with Crippen LogP contribution in [0, 0.1) is 5.82 Å². The van der Waals surface area contributed by atoms with Crippen LogP contribution in [0.15, 0.2) is 18.2 Å². The van der Waals surface area contributed by atoms with Crippen molar-refractivity contribution in [3.8, 4) is 0 Å². The summed E-state index contributed by atoms with van der Waals surface area (Å²) in [4.78, 5) is 25.7. The van der Waals surface area contributed by atoms with Crippen LogP contribution in [-0.4, -0.2) is 36.2 Å². The van der Waals surface area contributed by atoms with Crippen LogP contribution in [0.4, 0.5) is 20.6 Å². The summed E-state index contributed by atoms with van der Waals surface area (Å²) in [6.45, 7) is 9.51. The van der Waals surface area contributed by atoms with Gasteiger partial charge in [-0.3, -0.25) is 4.79 Å². The van der Waals surface area contributed by atoms with Gasteiger partial charge in [0, 0.05) is 18.3 Å². The molecule has 0 saturated carbocycles. The number of carbonyl (C=O) groups excluding carboxylic acids is 2. The SMILES string of the molecule is CC(C)Nc1ccc(N2CC[C@H](NC(=O)OC(C)(C)C)C2=O)c(F)c1. The maximum absolute atomic E-state index is 14.4. The molecule has 1 atom stereocenters. The molecular weight excluding hydrogens is 325 g/mol. The lowest BCUT2D eigenvalue weighted by Gasteiger charge is -2.22.